The van der Waals surface area contributed by atoms with E-state index in [1.54, 1.807) is 42.6 Å². The number of amides is 1. The summed E-state index contributed by atoms with van der Waals surface area (Å²) < 4.78 is 11.4. The van der Waals surface area contributed by atoms with Gasteiger partial charge < -0.3 is 19.6 Å². The van der Waals surface area contributed by atoms with Gasteiger partial charge in [-0.1, -0.05) is 32.0 Å². The molecule has 5 rings (SSSR count). The molecule has 200 valence electrons. The minimum Gasteiger partial charge on any atom is -0.507 e. The number of fused-ring (bicyclic) bond motifs is 1. The fourth-order valence-corrected chi connectivity index (χ4v) is 5.17. The molecule has 2 heterocycles. The van der Waals surface area contributed by atoms with E-state index in [2.05, 4.69) is 4.98 Å². The Balaban J connectivity index is 1.71. The summed E-state index contributed by atoms with van der Waals surface area (Å²) in [6.45, 7) is 8.92. The number of aliphatic hydroxyl groups excluding tert-OH is 1. The number of carbonyl (C=O) groups excluding carboxylic acids is 2. The van der Waals surface area contributed by atoms with Crippen LogP contribution in [0.1, 0.15) is 56.3 Å². The fourth-order valence-electron chi connectivity index (χ4n) is 5.17. The lowest BCUT2D eigenvalue weighted by atomic mass is 9.93. The van der Waals surface area contributed by atoms with E-state index in [0.29, 0.717) is 30.2 Å². The fraction of sp³-hybridized carbons (Fsp3) is 0.250. The van der Waals surface area contributed by atoms with Crippen molar-refractivity contribution in [2.45, 2.75) is 39.7 Å². The van der Waals surface area contributed by atoms with Crippen molar-refractivity contribution in [2.75, 3.05) is 18.1 Å². The van der Waals surface area contributed by atoms with E-state index in [-0.39, 0.29) is 17.3 Å². The Morgan fingerprint density at radius 1 is 0.974 bits per heavy atom. The molecule has 1 aliphatic rings. The molecule has 7 heteroatoms. The van der Waals surface area contributed by atoms with Crippen molar-refractivity contribution >= 4 is 34.0 Å². The second-order valence-electron chi connectivity index (χ2n) is 9.73. The molecule has 7 nitrogen and oxygen atoms in total. The highest BCUT2D eigenvalue weighted by atomic mass is 16.5. The Morgan fingerprint density at radius 3 is 2.38 bits per heavy atom. The van der Waals surface area contributed by atoms with Crippen LogP contribution in [0.3, 0.4) is 0 Å². The van der Waals surface area contributed by atoms with E-state index in [1.807, 2.05) is 58.0 Å². The SMILES string of the molecule is CCOc1ccc(N2C(=O)C(=O)/C(=C(/O)c3ccc(OCC)c(C(C)C)c3)C2c2c[nH]c3ccccc23)cc1. The summed E-state index contributed by atoms with van der Waals surface area (Å²) >= 11 is 0. The van der Waals surface area contributed by atoms with Crippen molar-refractivity contribution < 1.29 is 24.2 Å². The van der Waals surface area contributed by atoms with Crippen molar-refractivity contribution in [3.63, 3.8) is 0 Å². The third-order valence-electron chi connectivity index (χ3n) is 6.99. The number of nitrogens with one attached hydrogen (secondary N) is 1. The van der Waals surface area contributed by atoms with Crippen LogP contribution in [0.15, 0.2) is 78.5 Å². The van der Waals surface area contributed by atoms with Crippen molar-refractivity contribution in [1.82, 2.24) is 4.98 Å². The lowest BCUT2D eigenvalue weighted by molar-refractivity contribution is -0.132. The van der Waals surface area contributed by atoms with Crippen LogP contribution < -0.4 is 14.4 Å². The molecular weight excluding hydrogens is 492 g/mol. The second kappa shape index (κ2) is 10.7. The molecule has 0 radical (unpaired) electrons. The number of anilines is 1. The number of ketones is 1. The molecule has 2 N–H and O–H groups in total. The van der Waals surface area contributed by atoms with Crippen molar-refractivity contribution in [2.24, 2.45) is 0 Å². The van der Waals surface area contributed by atoms with Gasteiger partial charge in [0.15, 0.2) is 0 Å². The monoisotopic (exact) mass is 524 g/mol. The maximum Gasteiger partial charge on any atom is 0.300 e. The molecule has 0 spiro atoms. The molecule has 1 amide bonds. The van der Waals surface area contributed by atoms with Gasteiger partial charge >= 0.3 is 0 Å². The number of para-hydroxylation sites is 1. The van der Waals surface area contributed by atoms with Gasteiger partial charge in [0, 0.05) is 33.9 Å². The molecule has 1 aliphatic heterocycles. The topological polar surface area (TPSA) is 91.9 Å². The molecule has 1 aromatic heterocycles. The van der Waals surface area contributed by atoms with Gasteiger partial charge in [-0.2, -0.15) is 0 Å². The van der Waals surface area contributed by atoms with Gasteiger partial charge in [-0.25, -0.2) is 0 Å². The Bertz CT molecular complexity index is 1570. The average Bonchev–Trinajstić information content (AvgIpc) is 3.47. The lowest BCUT2D eigenvalue weighted by Crippen LogP contribution is -2.29. The summed E-state index contributed by atoms with van der Waals surface area (Å²) in [6.07, 6.45) is 1.80. The number of rotatable bonds is 8. The minimum atomic E-state index is -0.840. The van der Waals surface area contributed by atoms with Gasteiger partial charge in [0.1, 0.15) is 17.3 Å². The van der Waals surface area contributed by atoms with Gasteiger partial charge in [-0.05, 0) is 73.9 Å². The average molecular weight is 525 g/mol. The van der Waals surface area contributed by atoms with E-state index >= 15 is 0 Å². The summed E-state index contributed by atoms with van der Waals surface area (Å²) in [5.74, 6) is -0.149. The highest BCUT2D eigenvalue weighted by molar-refractivity contribution is 6.51. The van der Waals surface area contributed by atoms with Gasteiger partial charge in [-0.15, -0.1) is 0 Å². The van der Waals surface area contributed by atoms with Gasteiger partial charge in [0.05, 0.1) is 24.8 Å². The summed E-state index contributed by atoms with van der Waals surface area (Å²) in [4.78, 5) is 31.9. The summed E-state index contributed by atoms with van der Waals surface area (Å²) in [7, 11) is 0. The van der Waals surface area contributed by atoms with Crippen LogP contribution >= 0.6 is 0 Å². The third kappa shape index (κ3) is 4.65. The van der Waals surface area contributed by atoms with Crippen molar-refractivity contribution in [3.05, 3.63) is 95.2 Å². The number of aromatic nitrogens is 1. The Labute approximate surface area is 227 Å². The maximum atomic E-state index is 13.6. The first kappa shape index (κ1) is 26.1. The number of benzene rings is 3. The molecule has 1 saturated heterocycles. The van der Waals surface area contributed by atoms with Crippen LogP contribution in [-0.4, -0.2) is 35.0 Å². The number of Topliss-reactive ketones (excluding diaryl/α,β-unsaturated/α-hetero) is 1. The molecule has 0 bridgehead atoms. The molecule has 1 fully saturated rings. The van der Waals surface area contributed by atoms with Gasteiger partial charge in [0.2, 0.25) is 0 Å². The summed E-state index contributed by atoms with van der Waals surface area (Å²) in [5, 5.41) is 12.5. The van der Waals surface area contributed by atoms with Crippen LogP contribution in [-0.2, 0) is 9.59 Å². The molecular formula is C32H32N2O5. The van der Waals surface area contributed by atoms with E-state index < -0.39 is 17.7 Å². The quantitative estimate of drug-likeness (QED) is 0.152. The van der Waals surface area contributed by atoms with E-state index in [0.717, 1.165) is 27.8 Å². The summed E-state index contributed by atoms with van der Waals surface area (Å²) in [6, 6.07) is 19.3. The molecule has 3 aromatic carbocycles. The molecule has 0 aliphatic carbocycles. The van der Waals surface area contributed by atoms with Crippen LogP contribution in [0.5, 0.6) is 11.5 Å². The van der Waals surface area contributed by atoms with Crippen LogP contribution in [0.25, 0.3) is 16.7 Å². The molecule has 39 heavy (non-hydrogen) atoms. The predicted molar refractivity (Wildman–Crippen MR) is 152 cm³/mol. The lowest BCUT2D eigenvalue weighted by Gasteiger charge is -2.25. The zero-order chi connectivity index (χ0) is 27.7. The normalized spacial score (nSPS) is 16.8. The van der Waals surface area contributed by atoms with E-state index in [9.17, 15) is 14.7 Å². The Kier molecular flexibility index (Phi) is 7.15. The second-order valence-corrected chi connectivity index (χ2v) is 9.73. The number of ether oxygens (including phenoxy) is 2. The Hall–Kier alpha value is -4.52. The van der Waals surface area contributed by atoms with Crippen molar-refractivity contribution in [1.29, 1.82) is 0 Å². The van der Waals surface area contributed by atoms with Crippen molar-refractivity contribution in [3.8, 4) is 11.5 Å². The van der Waals surface area contributed by atoms with Crippen LogP contribution in [0, 0.1) is 0 Å². The van der Waals surface area contributed by atoms with E-state index in [1.165, 1.54) is 4.90 Å². The molecule has 1 atom stereocenters. The van der Waals surface area contributed by atoms with E-state index in [4.69, 9.17) is 9.47 Å². The standard InChI is InChI=1S/C32H32N2O5/c1-5-38-22-14-12-21(13-15-22)34-29(25-18-33-26-10-8-7-9-23(25)26)28(31(36)32(34)37)30(35)20-11-16-27(39-6-2)24(17-20)19(3)4/h7-19,29,33,35H,5-6H2,1-4H3/b30-28+. The number of H-pyrrole nitrogens is 1. The van der Waals surface area contributed by atoms with Gasteiger partial charge in [-0.3, -0.25) is 14.5 Å². The first-order chi connectivity index (χ1) is 18.8. The largest absolute Gasteiger partial charge is 0.507 e. The highest BCUT2D eigenvalue weighted by Gasteiger charge is 2.47. The van der Waals surface area contributed by atoms with Gasteiger partial charge in [0.25, 0.3) is 11.7 Å². The number of hydrogen-bond acceptors (Lipinski definition) is 5. The first-order valence-corrected chi connectivity index (χ1v) is 13.2. The molecule has 4 aromatic rings. The smallest absolute Gasteiger partial charge is 0.300 e. The van der Waals surface area contributed by atoms with Crippen LogP contribution in [0.2, 0.25) is 0 Å². The number of nitrogens with zero attached hydrogens (tertiary/aromatic N) is 1. The number of aliphatic hydroxyl groups is 1. The highest BCUT2D eigenvalue weighted by Crippen LogP contribution is 2.45. The number of aromatic amines is 1. The zero-order valence-corrected chi connectivity index (χ0v) is 22.5. The Morgan fingerprint density at radius 2 is 1.69 bits per heavy atom. The minimum absolute atomic E-state index is 0.0394. The summed E-state index contributed by atoms with van der Waals surface area (Å²) in [5.41, 5.74) is 3.52. The molecule has 0 saturated carbocycles. The maximum absolute atomic E-state index is 13.6. The first-order valence-electron chi connectivity index (χ1n) is 13.2. The predicted octanol–water partition coefficient (Wildman–Crippen LogP) is 6.72. The zero-order valence-electron chi connectivity index (χ0n) is 22.5. The number of carbonyl (C=O) groups is 2. The van der Waals surface area contributed by atoms with Crippen LogP contribution in [0.4, 0.5) is 5.69 Å². The number of hydrogen-bond donors (Lipinski definition) is 2. The molecule has 1 unspecified atom stereocenters. The third-order valence-corrected chi connectivity index (χ3v) is 6.99.